The molecule has 1 aromatic rings. The third-order valence-electron chi connectivity index (χ3n) is 1.73. The molecule has 94 valence electrons. The van der Waals surface area contributed by atoms with E-state index in [2.05, 4.69) is 0 Å². The molecular weight excluding hydrogens is 271 g/mol. The third kappa shape index (κ3) is 2.82. The Morgan fingerprint density at radius 3 is 2.12 bits per heavy atom. The summed E-state index contributed by atoms with van der Waals surface area (Å²) in [5, 5.41) is 18.7. The van der Waals surface area contributed by atoms with Crippen LogP contribution in [-0.2, 0) is 0 Å². The SMILES string of the molecule is N#Cc1ccc(S(F)(F)(F)(F)F)cc1[N+](=O)[O-]. The molecule has 1 aromatic carbocycles. The molecule has 17 heavy (non-hydrogen) atoms. The lowest BCUT2D eigenvalue weighted by atomic mass is 10.2. The van der Waals surface area contributed by atoms with Crippen molar-refractivity contribution in [2.75, 3.05) is 0 Å². The molecule has 0 radical (unpaired) electrons. The number of nitro benzene ring substituents is 1. The van der Waals surface area contributed by atoms with E-state index < -0.39 is 31.3 Å². The van der Waals surface area contributed by atoms with E-state index in [1.54, 1.807) is 0 Å². The van der Waals surface area contributed by atoms with Crippen LogP contribution in [0.15, 0.2) is 23.1 Å². The zero-order valence-electron chi connectivity index (χ0n) is 7.74. The van der Waals surface area contributed by atoms with Crippen molar-refractivity contribution in [2.24, 2.45) is 0 Å². The molecule has 0 aliphatic heterocycles. The van der Waals surface area contributed by atoms with Gasteiger partial charge in [-0.1, -0.05) is 19.4 Å². The molecule has 0 spiro atoms. The van der Waals surface area contributed by atoms with Crippen molar-refractivity contribution in [3.05, 3.63) is 33.9 Å². The molecule has 1 rings (SSSR count). The first kappa shape index (κ1) is 13.2. The average Bonchev–Trinajstić information content (AvgIpc) is 2.13. The number of nitriles is 1. The van der Waals surface area contributed by atoms with Crippen LogP contribution in [-0.4, -0.2) is 4.92 Å². The largest absolute Gasteiger partial charge is 0.310 e. The Morgan fingerprint density at radius 2 is 1.76 bits per heavy atom. The minimum Gasteiger partial charge on any atom is -0.258 e. The van der Waals surface area contributed by atoms with Crippen LogP contribution in [0.4, 0.5) is 25.1 Å². The molecule has 0 saturated heterocycles. The number of benzene rings is 1. The quantitative estimate of drug-likeness (QED) is 0.462. The fourth-order valence-corrected chi connectivity index (χ4v) is 1.66. The second-order valence-electron chi connectivity index (χ2n) is 3.02. The van der Waals surface area contributed by atoms with E-state index in [1.165, 1.54) is 6.07 Å². The molecular formula is C7H3F5N2O2S. The third-order valence-corrected chi connectivity index (χ3v) is 2.88. The van der Waals surface area contributed by atoms with E-state index in [0.717, 1.165) is 0 Å². The highest BCUT2D eigenvalue weighted by Crippen LogP contribution is 3.02. The predicted molar refractivity (Wildman–Crippen MR) is 49.2 cm³/mol. The van der Waals surface area contributed by atoms with E-state index in [0.29, 0.717) is 6.07 Å². The molecule has 0 aliphatic rings. The van der Waals surface area contributed by atoms with Gasteiger partial charge in [-0.3, -0.25) is 10.1 Å². The summed E-state index contributed by atoms with van der Waals surface area (Å²) in [6, 6.07) is 1.20. The predicted octanol–water partition coefficient (Wildman–Crippen LogP) is 4.12. The molecule has 0 bridgehead atoms. The molecule has 4 nitrogen and oxygen atoms in total. The van der Waals surface area contributed by atoms with Gasteiger partial charge < -0.3 is 0 Å². The summed E-state index contributed by atoms with van der Waals surface area (Å²) < 4.78 is 61.6. The van der Waals surface area contributed by atoms with Gasteiger partial charge in [0.2, 0.25) is 0 Å². The van der Waals surface area contributed by atoms with E-state index >= 15 is 0 Å². The van der Waals surface area contributed by atoms with Crippen molar-refractivity contribution in [3.8, 4) is 6.07 Å². The lowest BCUT2D eigenvalue weighted by Gasteiger charge is -2.40. The smallest absolute Gasteiger partial charge is 0.258 e. The van der Waals surface area contributed by atoms with Crippen LogP contribution >= 0.6 is 10.2 Å². The Kier molecular flexibility index (Phi) is 2.22. The number of halogens is 5. The van der Waals surface area contributed by atoms with Crippen LogP contribution in [0.3, 0.4) is 0 Å². The van der Waals surface area contributed by atoms with E-state index in [1.807, 2.05) is 0 Å². The Bertz CT molecular complexity index is 547. The standard InChI is InChI=1S/C7H3F5N2O2S/c8-17(9,10,11,12)6-2-1-5(4-13)7(3-6)14(15)16/h1-3H. The Balaban J connectivity index is 3.61. The Hall–Kier alpha value is -1.89. The second kappa shape index (κ2) is 2.86. The normalized spacial score (nSPS) is 15.5. The summed E-state index contributed by atoms with van der Waals surface area (Å²) in [4.78, 5) is 6.60. The average molecular weight is 274 g/mol. The number of rotatable bonds is 2. The van der Waals surface area contributed by atoms with E-state index in [-0.39, 0.29) is 12.1 Å². The van der Waals surface area contributed by atoms with Crippen molar-refractivity contribution >= 4 is 15.9 Å². The maximum atomic E-state index is 12.3. The maximum Gasteiger partial charge on any atom is 0.310 e. The van der Waals surface area contributed by atoms with Crippen molar-refractivity contribution in [1.29, 1.82) is 5.26 Å². The highest BCUT2D eigenvalue weighted by Gasteiger charge is 2.65. The molecule has 0 amide bonds. The molecule has 0 atom stereocenters. The van der Waals surface area contributed by atoms with Gasteiger partial charge in [0, 0.05) is 6.07 Å². The topological polar surface area (TPSA) is 66.9 Å². The van der Waals surface area contributed by atoms with Gasteiger partial charge in [0.15, 0.2) is 0 Å². The first-order valence-electron chi connectivity index (χ1n) is 3.78. The number of hydrogen-bond acceptors (Lipinski definition) is 3. The fraction of sp³-hybridized carbons (Fsp3) is 0. The first-order chi connectivity index (χ1) is 7.35. The molecule has 10 heteroatoms. The summed E-state index contributed by atoms with van der Waals surface area (Å²) in [6.07, 6.45) is 0. The van der Waals surface area contributed by atoms with Crippen LogP contribution in [0.5, 0.6) is 0 Å². The summed E-state index contributed by atoms with van der Waals surface area (Å²) in [5.74, 6) is 0. The van der Waals surface area contributed by atoms with Gasteiger partial charge in [-0.05, 0) is 12.1 Å². The van der Waals surface area contributed by atoms with Crippen LogP contribution in [0.1, 0.15) is 5.56 Å². The maximum absolute atomic E-state index is 12.3. The van der Waals surface area contributed by atoms with Crippen LogP contribution < -0.4 is 0 Å². The van der Waals surface area contributed by atoms with Crippen molar-refractivity contribution < 1.29 is 24.4 Å². The van der Waals surface area contributed by atoms with Crippen LogP contribution in [0, 0.1) is 21.4 Å². The van der Waals surface area contributed by atoms with Gasteiger partial charge in [0.25, 0.3) is 5.69 Å². The van der Waals surface area contributed by atoms with Crippen LogP contribution in [0.25, 0.3) is 0 Å². The fourth-order valence-electron chi connectivity index (χ4n) is 0.997. The Labute approximate surface area is 91.1 Å². The zero-order chi connectivity index (χ0) is 13.5. The first-order valence-corrected chi connectivity index (χ1v) is 5.73. The molecule has 0 fully saturated rings. The van der Waals surface area contributed by atoms with Gasteiger partial charge in [-0.25, -0.2) is 0 Å². The van der Waals surface area contributed by atoms with E-state index in [9.17, 15) is 29.5 Å². The monoisotopic (exact) mass is 274 g/mol. The van der Waals surface area contributed by atoms with Crippen molar-refractivity contribution in [3.63, 3.8) is 0 Å². The molecule has 0 heterocycles. The van der Waals surface area contributed by atoms with Crippen molar-refractivity contribution in [1.82, 2.24) is 0 Å². The van der Waals surface area contributed by atoms with Gasteiger partial charge >= 0.3 is 10.2 Å². The second-order valence-corrected chi connectivity index (χ2v) is 5.43. The highest BCUT2D eigenvalue weighted by atomic mass is 32.5. The minimum absolute atomic E-state index is 0.0485. The highest BCUT2D eigenvalue weighted by molar-refractivity contribution is 8.45. The molecule has 0 unspecified atom stereocenters. The minimum atomic E-state index is -9.97. The summed E-state index contributed by atoms with van der Waals surface area (Å²) in [6.45, 7) is 0. The summed E-state index contributed by atoms with van der Waals surface area (Å²) in [5.41, 5.74) is -2.03. The summed E-state index contributed by atoms with van der Waals surface area (Å²) >= 11 is 0. The molecule has 0 aliphatic carbocycles. The van der Waals surface area contributed by atoms with Gasteiger partial charge in [0.1, 0.15) is 16.5 Å². The Morgan fingerprint density at radius 1 is 1.24 bits per heavy atom. The van der Waals surface area contributed by atoms with E-state index in [4.69, 9.17) is 5.26 Å². The molecule has 0 saturated carbocycles. The lowest BCUT2D eigenvalue weighted by molar-refractivity contribution is -0.385. The van der Waals surface area contributed by atoms with Crippen molar-refractivity contribution in [2.45, 2.75) is 4.90 Å². The number of hydrogen-bond donors (Lipinski definition) is 0. The van der Waals surface area contributed by atoms with Crippen LogP contribution in [0.2, 0.25) is 0 Å². The van der Waals surface area contributed by atoms with Gasteiger partial charge in [0.05, 0.1) is 4.92 Å². The summed E-state index contributed by atoms with van der Waals surface area (Å²) in [7, 11) is -9.97. The van der Waals surface area contributed by atoms with Gasteiger partial charge in [-0.15, -0.1) is 0 Å². The molecule has 0 N–H and O–H groups in total. The number of nitro groups is 1. The molecule has 0 aromatic heterocycles. The van der Waals surface area contributed by atoms with Gasteiger partial charge in [-0.2, -0.15) is 5.26 Å². The zero-order valence-corrected chi connectivity index (χ0v) is 8.56. The number of nitrogens with zero attached hydrogens (tertiary/aromatic N) is 2. The lowest BCUT2D eigenvalue weighted by Crippen LogP contribution is -2.07.